The van der Waals surface area contributed by atoms with E-state index in [4.69, 9.17) is 9.72 Å². The number of hydrogen-bond acceptors (Lipinski definition) is 5. The van der Waals surface area contributed by atoms with E-state index in [0.29, 0.717) is 30.2 Å². The molecule has 3 rings (SSSR count). The first-order valence-electron chi connectivity index (χ1n) is 9.42. The van der Waals surface area contributed by atoms with Crippen molar-refractivity contribution >= 4 is 16.8 Å². The van der Waals surface area contributed by atoms with Gasteiger partial charge in [-0.2, -0.15) is 0 Å². The first-order valence-corrected chi connectivity index (χ1v) is 9.42. The molecule has 3 aromatic rings. The summed E-state index contributed by atoms with van der Waals surface area (Å²) < 4.78 is 5.07. The molecule has 0 radical (unpaired) electrons. The summed E-state index contributed by atoms with van der Waals surface area (Å²) in [5.41, 5.74) is 5.17. The van der Waals surface area contributed by atoms with Gasteiger partial charge in [-0.3, -0.25) is 4.79 Å². The third kappa shape index (κ3) is 3.87. The molecule has 0 aliphatic heterocycles. The van der Waals surface area contributed by atoms with Crippen LogP contribution in [0.2, 0.25) is 0 Å². The van der Waals surface area contributed by atoms with Crippen molar-refractivity contribution in [3.63, 3.8) is 0 Å². The summed E-state index contributed by atoms with van der Waals surface area (Å²) in [4.78, 5) is 28.4. The normalized spacial score (nSPS) is 11.0. The largest absolute Gasteiger partial charge is 0.377 e. The van der Waals surface area contributed by atoms with Crippen LogP contribution in [0.3, 0.4) is 0 Å². The molecule has 2 heterocycles. The van der Waals surface area contributed by atoms with E-state index in [0.717, 1.165) is 34.0 Å². The van der Waals surface area contributed by atoms with Crippen molar-refractivity contribution in [1.29, 1.82) is 0 Å². The highest BCUT2D eigenvalue weighted by atomic mass is 16.5. The maximum atomic E-state index is 13.1. The van der Waals surface area contributed by atoms with Crippen LogP contribution in [0.25, 0.3) is 22.2 Å². The van der Waals surface area contributed by atoms with Crippen molar-refractivity contribution in [3.8, 4) is 11.3 Å². The van der Waals surface area contributed by atoms with Crippen molar-refractivity contribution < 1.29 is 9.53 Å². The molecule has 146 valence electrons. The summed E-state index contributed by atoms with van der Waals surface area (Å²) >= 11 is 0. The molecule has 0 saturated carbocycles. The van der Waals surface area contributed by atoms with E-state index >= 15 is 0 Å². The molecule has 0 aliphatic rings. The summed E-state index contributed by atoms with van der Waals surface area (Å²) in [6.45, 7) is 7.21. The highest BCUT2D eigenvalue weighted by molar-refractivity contribution is 6.07. The Balaban J connectivity index is 2.18. The molecular formula is C22H26N4O2. The average Bonchev–Trinajstić information content (AvgIpc) is 2.70. The number of aromatic nitrogens is 3. The quantitative estimate of drug-likeness (QED) is 0.650. The van der Waals surface area contributed by atoms with Gasteiger partial charge in [0.15, 0.2) is 5.82 Å². The van der Waals surface area contributed by atoms with E-state index in [1.807, 2.05) is 32.2 Å². The fourth-order valence-electron chi connectivity index (χ4n) is 3.19. The van der Waals surface area contributed by atoms with Crippen LogP contribution in [-0.2, 0) is 11.3 Å². The van der Waals surface area contributed by atoms with Gasteiger partial charge in [0.1, 0.15) is 6.61 Å². The minimum absolute atomic E-state index is 0.00401. The Bertz CT molecular complexity index is 1000. The van der Waals surface area contributed by atoms with Crippen LogP contribution in [0.4, 0.5) is 0 Å². The van der Waals surface area contributed by atoms with Gasteiger partial charge in [0.2, 0.25) is 0 Å². The van der Waals surface area contributed by atoms with Gasteiger partial charge in [0, 0.05) is 44.0 Å². The molecular weight excluding hydrogens is 352 g/mol. The Morgan fingerprint density at radius 1 is 1.18 bits per heavy atom. The fraction of sp³-hybridized carbons (Fsp3) is 0.364. The lowest BCUT2D eigenvalue weighted by Crippen LogP contribution is -2.27. The molecule has 0 N–H and O–H groups in total. The molecule has 0 aliphatic carbocycles. The Morgan fingerprint density at radius 3 is 2.54 bits per heavy atom. The molecule has 6 nitrogen and oxygen atoms in total. The highest BCUT2D eigenvalue weighted by Crippen LogP contribution is 2.28. The second-order valence-corrected chi connectivity index (χ2v) is 7.01. The molecule has 0 spiro atoms. The minimum Gasteiger partial charge on any atom is -0.377 e. The molecule has 2 aromatic heterocycles. The number of aryl methyl sites for hydroxylation is 2. The number of methoxy groups -OCH3 is 1. The van der Waals surface area contributed by atoms with Gasteiger partial charge in [-0.1, -0.05) is 19.1 Å². The molecule has 0 unspecified atom stereocenters. The van der Waals surface area contributed by atoms with Gasteiger partial charge in [-0.15, -0.1) is 0 Å². The van der Waals surface area contributed by atoms with E-state index in [2.05, 4.69) is 23.8 Å². The topological polar surface area (TPSA) is 68.2 Å². The van der Waals surface area contributed by atoms with Crippen molar-refractivity contribution in [2.45, 2.75) is 33.8 Å². The van der Waals surface area contributed by atoms with Gasteiger partial charge >= 0.3 is 0 Å². The highest BCUT2D eigenvalue weighted by Gasteiger charge is 2.19. The average molecular weight is 378 g/mol. The van der Waals surface area contributed by atoms with Crippen molar-refractivity contribution in [2.24, 2.45) is 0 Å². The zero-order chi connectivity index (χ0) is 20.3. The first kappa shape index (κ1) is 19.9. The van der Waals surface area contributed by atoms with Crippen LogP contribution in [0.15, 0.2) is 30.6 Å². The second kappa shape index (κ2) is 8.44. The third-order valence-corrected chi connectivity index (χ3v) is 4.92. The van der Waals surface area contributed by atoms with Crippen LogP contribution < -0.4 is 0 Å². The summed E-state index contributed by atoms with van der Waals surface area (Å²) in [6.07, 6.45) is 4.36. The molecule has 6 heteroatoms. The number of rotatable bonds is 6. The van der Waals surface area contributed by atoms with Gasteiger partial charge in [-0.05, 0) is 37.5 Å². The van der Waals surface area contributed by atoms with Gasteiger partial charge in [0.25, 0.3) is 5.91 Å². The fourth-order valence-corrected chi connectivity index (χ4v) is 3.19. The van der Waals surface area contributed by atoms with E-state index in [-0.39, 0.29) is 5.91 Å². The van der Waals surface area contributed by atoms with Crippen LogP contribution in [0.5, 0.6) is 0 Å². The monoisotopic (exact) mass is 378 g/mol. The Labute approximate surface area is 165 Å². The van der Waals surface area contributed by atoms with E-state index in [1.165, 1.54) is 0 Å². The SMILES string of the molecule is CCCN(C)C(=O)c1cc(-c2cnc(COC)nc2)nc2c(C)c(C)ccc12. The molecule has 1 amide bonds. The molecule has 0 atom stereocenters. The number of nitrogens with zero attached hydrogens (tertiary/aromatic N) is 4. The number of carbonyl (C=O) groups excluding carboxylic acids is 1. The molecule has 0 saturated heterocycles. The van der Waals surface area contributed by atoms with Gasteiger partial charge in [0.05, 0.1) is 16.8 Å². The minimum atomic E-state index is -0.00401. The predicted octanol–water partition coefficient (Wildman–Crippen LogP) is 3.94. The van der Waals surface area contributed by atoms with E-state index in [9.17, 15) is 4.79 Å². The maximum Gasteiger partial charge on any atom is 0.254 e. The van der Waals surface area contributed by atoms with Crippen LogP contribution in [0.1, 0.15) is 40.7 Å². The standard InChI is InChI=1S/C22H26N4O2/c1-6-9-26(4)22(27)18-10-19(16-11-23-20(13-28-5)24-12-16)25-21-15(3)14(2)7-8-17(18)21/h7-8,10-12H,6,9,13H2,1-5H3. The Hall–Kier alpha value is -2.86. The lowest BCUT2D eigenvalue weighted by molar-refractivity contribution is 0.0797. The smallest absolute Gasteiger partial charge is 0.254 e. The molecule has 0 fully saturated rings. The lowest BCUT2D eigenvalue weighted by atomic mass is 9.99. The zero-order valence-corrected chi connectivity index (χ0v) is 17.1. The Kier molecular flexibility index (Phi) is 5.99. The number of pyridine rings is 1. The van der Waals surface area contributed by atoms with Crippen molar-refractivity contribution in [2.75, 3.05) is 20.7 Å². The number of amides is 1. The first-order chi connectivity index (χ1) is 13.5. The zero-order valence-electron chi connectivity index (χ0n) is 17.1. The van der Waals surface area contributed by atoms with Crippen LogP contribution in [-0.4, -0.2) is 46.5 Å². The second-order valence-electron chi connectivity index (χ2n) is 7.01. The third-order valence-electron chi connectivity index (χ3n) is 4.92. The predicted molar refractivity (Wildman–Crippen MR) is 110 cm³/mol. The van der Waals surface area contributed by atoms with Crippen LogP contribution >= 0.6 is 0 Å². The summed E-state index contributed by atoms with van der Waals surface area (Å²) in [5.74, 6) is 0.605. The lowest BCUT2D eigenvalue weighted by Gasteiger charge is -2.19. The number of carbonyl (C=O) groups is 1. The summed E-state index contributed by atoms with van der Waals surface area (Å²) in [5, 5.41) is 0.872. The number of ether oxygens (including phenoxy) is 1. The van der Waals surface area contributed by atoms with Crippen molar-refractivity contribution in [3.05, 3.63) is 53.1 Å². The van der Waals surface area contributed by atoms with Gasteiger partial charge < -0.3 is 9.64 Å². The molecule has 0 bridgehead atoms. The van der Waals surface area contributed by atoms with Gasteiger partial charge in [-0.25, -0.2) is 15.0 Å². The maximum absolute atomic E-state index is 13.1. The number of fused-ring (bicyclic) bond motifs is 1. The van der Waals surface area contributed by atoms with E-state index in [1.54, 1.807) is 24.4 Å². The van der Waals surface area contributed by atoms with Crippen molar-refractivity contribution in [1.82, 2.24) is 19.9 Å². The Morgan fingerprint density at radius 2 is 1.89 bits per heavy atom. The number of benzene rings is 1. The van der Waals surface area contributed by atoms with Crippen LogP contribution in [0, 0.1) is 13.8 Å². The molecule has 28 heavy (non-hydrogen) atoms. The van der Waals surface area contributed by atoms with E-state index < -0.39 is 0 Å². The molecule has 1 aromatic carbocycles. The number of hydrogen-bond donors (Lipinski definition) is 0. The summed E-state index contributed by atoms with van der Waals surface area (Å²) in [7, 11) is 3.44. The summed E-state index contributed by atoms with van der Waals surface area (Å²) in [6, 6.07) is 5.87.